The molecule has 0 spiro atoms. The molecular weight excluding hydrogens is 332 g/mol. The summed E-state index contributed by atoms with van der Waals surface area (Å²) in [6, 6.07) is 6.93. The van der Waals surface area contributed by atoms with Crippen LogP contribution in [-0.2, 0) is 21.2 Å². The van der Waals surface area contributed by atoms with Gasteiger partial charge in [-0.3, -0.25) is 9.10 Å². The van der Waals surface area contributed by atoms with E-state index in [0.717, 1.165) is 5.56 Å². The smallest absolute Gasteiger partial charge is 0.232 e. The molecule has 1 unspecified atom stereocenters. The third kappa shape index (κ3) is 3.40. The highest BCUT2D eigenvalue weighted by Gasteiger charge is 2.30. The number of hydrogen-bond acceptors (Lipinski definition) is 6. The Morgan fingerprint density at radius 2 is 2.17 bits per heavy atom. The first kappa shape index (κ1) is 16.4. The number of hydrogen-bond donors (Lipinski definition) is 1. The van der Waals surface area contributed by atoms with Gasteiger partial charge in [0.2, 0.25) is 21.8 Å². The molecule has 1 N–H and O–H groups in total. The van der Waals surface area contributed by atoms with Crippen molar-refractivity contribution >= 4 is 21.6 Å². The Kier molecular flexibility index (Phi) is 4.27. The fraction of sp³-hybridized carbons (Fsp3) is 0.400. The van der Waals surface area contributed by atoms with Crippen LogP contribution >= 0.6 is 0 Å². The first-order chi connectivity index (χ1) is 11.3. The number of amides is 1. The van der Waals surface area contributed by atoms with Crippen LogP contribution in [0.2, 0.25) is 0 Å². The predicted molar refractivity (Wildman–Crippen MR) is 86.9 cm³/mol. The second kappa shape index (κ2) is 6.23. The molecule has 9 heteroatoms. The highest BCUT2D eigenvalue weighted by atomic mass is 32.2. The van der Waals surface area contributed by atoms with E-state index in [9.17, 15) is 13.2 Å². The lowest BCUT2D eigenvalue weighted by molar-refractivity contribution is -0.121. The van der Waals surface area contributed by atoms with E-state index in [-0.39, 0.29) is 18.4 Å². The summed E-state index contributed by atoms with van der Waals surface area (Å²) >= 11 is 0. The summed E-state index contributed by atoms with van der Waals surface area (Å²) in [7, 11) is -3.35. The summed E-state index contributed by atoms with van der Waals surface area (Å²) in [5.74, 6) is 0.500. The zero-order chi connectivity index (χ0) is 17.3. The van der Waals surface area contributed by atoms with Crippen molar-refractivity contribution in [3.8, 4) is 0 Å². The van der Waals surface area contributed by atoms with E-state index in [1.165, 1.54) is 10.6 Å². The number of aromatic nitrogens is 2. The van der Waals surface area contributed by atoms with Gasteiger partial charge in [-0.05, 0) is 18.1 Å². The average Bonchev–Trinajstić information content (AvgIpc) is 2.91. The van der Waals surface area contributed by atoms with Crippen molar-refractivity contribution < 1.29 is 17.7 Å². The highest BCUT2D eigenvalue weighted by Crippen LogP contribution is 2.34. The molecule has 2 heterocycles. The van der Waals surface area contributed by atoms with E-state index in [1.807, 2.05) is 12.1 Å². The number of anilines is 1. The number of benzene rings is 1. The zero-order valence-electron chi connectivity index (χ0n) is 13.4. The summed E-state index contributed by atoms with van der Waals surface area (Å²) < 4.78 is 30.1. The lowest BCUT2D eigenvalue weighted by Gasteiger charge is -2.34. The van der Waals surface area contributed by atoms with Gasteiger partial charge in [0.15, 0.2) is 5.82 Å². The lowest BCUT2D eigenvalue weighted by Crippen LogP contribution is -2.41. The van der Waals surface area contributed by atoms with Crippen molar-refractivity contribution in [1.29, 1.82) is 0 Å². The maximum absolute atomic E-state index is 12.2. The molecular formula is C15H18N4O4S. The number of carbonyl (C=O) groups is 1. The van der Waals surface area contributed by atoms with Gasteiger partial charge in [-0.1, -0.05) is 23.4 Å². The predicted octanol–water partition coefficient (Wildman–Crippen LogP) is 0.948. The molecule has 24 heavy (non-hydrogen) atoms. The third-order valence-electron chi connectivity index (χ3n) is 3.83. The minimum absolute atomic E-state index is 0.0196. The fourth-order valence-electron chi connectivity index (χ4n) is 2.83. The van der Waals surface area contributed by atoms with Gasteiger partial charge in [0.1, 0.15) is 0 Å². The van der Waals surface area contributed by atoms with Crippen molar-refractivity contribution in [1.82, 2.24) is 15.5 Å². The molecule has 3 rings (SSSR count). The first-order valence-electron chi connectivity index (χ1n) is 7.50. The van der Waals surface area contributed by atoms with Crippen molar-refractivity contribution in [2.75, 3.05) is 17.1 Å². The van der Waals surface area contributed by atoms with Crippen LogP contribution < -0.4 is 9.62 Å². The minimum Gasteiger partial charge on any atom is -0.349 e. The van der Waals surface area contributed by atoms with E-state index in [2.05, 4.69) is 15.5 Å². The Morgan fingerprint density at radius 3 is 2.83 bits per heavy atom. The van der Waals surface area contributed by atoms with Crippen molar-refractivity contribution in [3.05, 3.63) is 41.5 Å². The van der Waals surface area contributed by atoms with Gasteiger partial charge in [0.25, 0.3) is 0 Å². The molecule has 0 saturated heterocycles. The van der Waals surface area contributed by atoms with Gasteiger partial charge in [0, 0.05) is 13.5 Å². The molecule has 8 nitrogen and oxygen atoms in total. The Labute approximate surface area is 139 Å². The number of para-hydroxylation sites is 1. The normalized spacial score (nSPS) is 17.4. The fourth-order valence-corrected chi connectivity index (χ4v) is 3.79. The number of aryl methyl sites for hydroxylation is 1. The number of nitrogens with zero attached hydrogens (tertiary/aromatic N) is 3. The Balaban J connectivity index is 1.78. The van der Waals surface area contributed by atoms with E-state index in [1.54, 1.807) is 19.1 Å². The van der Waals surface area contributed by atoms with Crippen LogP contribution in [-0.4, -0.2) is 37.3 Å². The monoisotopic (exact) mass is 350 g/mol. The van der Waals surface area contributed by atoms with Gasteiger partial charge in [-0.25, -0.2) is 8.42 Å². The van der Waals surface area contributed by atoms with E-state index < -0.39 is 10.0 Å². The quantitative estimate of drug-likeness (QED) is 0.880. The molecule has 1 amide bonds. The van der Waals surface area contributed by atoms with Gasteiger partial charge in [-0.2, -0.15) is 4.98 Å². The van der Waals surface area contributed by atoms with Crippen LogP contribution in [0.5, 0.6) is 0 Å². The maximum atomic E-state index is 12.2. The average molecular weight is 350 g/mol. The minimum atomic E-state index is -3.35. The summed E-state index contributed by atoms with van der Waals surface area (Å²) in [5.41, 5.74) is 1.39. The van der Waals surface area contributed by atoms with E-state index in [4.69, 9.17) is 4.52 Å². The zero-order valence-corrected chi connectivity index (χ0v) is 14.2. The summed E-state index contributed by atoms with van der Waals surface area (Å²) in [6.07, 6.45) is 1.70. The molecule has 0 radical (unpaired) electrons. The van der Waals surface area contributed by atoms with Crippen LogP contribution in [0, 0.1) is 6.92 Å². The molecule has 1 aromatic heterocycles. The van der Waals surface area contributed by atoms with Gasteiger partial charge < -0.3 is 9.84 Å². The molecule has 1 atom stereocenters. The molecule has 0 saturated carbocycles. The Hall–Kier alpha value is -2.42. The largest absolute Gasteiger partial charge is 0.349 e. The molecule has 0 fully saturated rings. The number of fused-ring (bicyclic) bond motifs is 1. The SMILES string of the molecule is Cc1nc(CC(=O)NC2CCN(S(C)(=O)=O)c3ccccc32)no1. The number of rotatable bonds is 4. The van der Waals surface area contributed by atoms with Crippen LogP contribution in [0.4, 0.5) is 5.69 Å². The van der Waals surface area contributed by atoms with E-state index >= 15 is 0 Å². The van der Waals surface area contributed by atoms with Crippen LogP contribution in [0.3, 0.4) is 0 Å². The van der Waals surface area contributed by atoms with Gasteiger partial charge in [0.05, 0.1) is 24.4 Å². The molecule has 2 aromatic rings. The van der Waals surface area contributed by atoms with Crippen molar-refractivity contribution in [2.24, 2.45) is 0 Å². The summed E-state index contributed by atoms with van der Waals surface area (Å²) in [5, 5.41) is 6.63. The second-order valence-electron chi connectivity index (χ2n) is 5.71. The number of carbonyl (C=O) groups excluding carboxylic acids is 1. The molecule has 1 aliphatic heterocycles. The standard InChI is InChI=1S/C15H18N4O4S/c1-10-16-14(18-23-10)9-15(20)17-12-7-8-19(24(2,21)22)13-6-4-3-5-11(12)13/h3-6,12H,7-9H2,1-2H3,(H,17,20). The Morgan fingerprint density at radius 1 is 1.42 bits per heavy atom. The van der Waals surface area contributed by atoms with Crippen LogP contribution in [0.1, 0.15) is 29.7 Å². The molecule has 0 bridgehead atoms. The number of sulfonamides is 1. The van der Waals surface area contributed by atoms with Gasteiger partial charge in [-0.15, -0.1) is 0 Å². The summed E-state index contributed by atoms with van der Waals surface area (Å²) in [4.78, 5) is 16.2. The van der Waals surface area contributed by atoms with Crippen LogP contribution in [0.25, 0.3) is 0 Å². The second-order valence-corrected chi connectivity index (χ2v) is 7.62. The third-order valence-corrected chi connectivity index (χ3v) is 5.01. The molecule has 1 aliphatic rings. The highest BCUT2D eigenvalue weighted by molar-refractivity contribution is 7.92. The molecule has 1 aromatic carbocycles. The van der Waals surface area contributed by atoms with Crippen LogP contribution in [0.15, 0.2) is 28.8 Å². The van der Waals surface area contributed by atoms with Crippen molar-refractivity contribution in [3.63, 3.8) is 0 Å². The van der Waals surface area contributed by atoms with E-state index in [0.29, 0.717) is 30.4 Å². The lowest BCUT2D eigenvalue weighted by atomic mass is 9.98. The van der Waals surface area contributed by atoms with Gasteiger partial charge >= 0.3 is 0 Å². The molecule has 128 valence electrons. The summed E-state index contributed by atoms with van der Waals surface area (Å²) in [6.45, 7) is 1.98. The maximum Gasteiger partial charge on any atom is 0.232 e. The topological polar surface area (TPSA) is 105 Å². The molecule has 0 aliphatic carbocycles. The van der Waals surface area contributed by atoms with Crippen molar-refractivity contribution in [2.45, 2.75) is 25.8 Å². The number of nitrogens with one attached hydrogen (secondary N) is 1. The Bertz CT molecular complexity index is 862. The first-order valence-corrected chi connectivity index (χ1v) is 9.34.